The van der Waals surface area contributed by atoms with Gasteiger partial charge in [0.2, 0.25) is 0 Å². The standard InChI is InChI=1S/C6H9O2/c7-6(8)4-3-5-1-2-5/h3,5H,1-2,4H2,(H,7,8). The fourth-order valence-electron chi connectivity index (χ4n) is 0.599. The summed E-state index contributed by atoms with van der Waals surface area (Å²) in [6.07, 6.45) is 4.52. The lowest BCUT2D eigenvalue weighted by atomic mass is 10.2. The maximum Gasteiger partial charge on any atom is 0.303 e. The second kappa shape index (κ2) is 2.16. The summed E-state index contributed by atoms with van der Waals surface area (Å²) >= 11 is 0. The molecule has 0 unspecified atom stereocenters. The minimum absolute atomic E-state index is 0.241. The molecule has 0 aliphatic heterocycles. The lowest BCUT2D eigenvalue weighted by Crippen LogP contribution is -1.94. The minimum Gasteiger partial charge on any atom is -0.481 e. The van der Waals surface area contributed by atoms with Crippen molar-refractivity contribution in [1.29, 1.82) is 0 Å². The molecule has 45 valence electrons. The SMILES string of the molecule is O=C(O)C[CH]C1CC1. The molecule has 0 atom stereocenters. The molecule has 1 aliphatic carbocycles. The first-order chi connectivity index (χ1) is 3.79. The van der Waals surface area contributed by atoms with Crippen molar-refractivity contribution in [3.63, 3.8) is 0 Å². The van der Waals surface area contributed by atoms with Crippen molar-refractivity contribution in [1.82, 2.24) is 0 Å². The molecule has 0 saturated heterocycles. The Bertz CT molecular complexity index is 94.7. The van der Waals surface area contributed by atoms with Gasteiger partial charge in [-0.2, -0.15) is 0 Å². The van der Waals surface area contributed by atoms with Gasteiger partial charge in [-0.1, -0.05) is 0 Å². The van der Waals surface area contributed by atoms with Gasteiger partial charge in [0.1, 0.15) is 0 Å². The second-order valence-electron chi connectivity index (χ2n) is 2.17. The Morgan fingerprint density at radius 2 is 2.38 bits per heavy atom. The summed E-state index contributed by atoms with van der Waals surface area (Å²) in [6.45, 7) is 0. The molecular formula is C6H9O2. The van der Waals surface area contributed by atoms with Gasteiger partial charge in [0.25, 0.3) is 0 Å². The molecule has 1 saturated carbocycles. The van der Waals surface area contributed by atoms with E-state index in [0.29, 0.717) is 5.92 Å². The molecule has 1 rings (SSSR count). The Hall–Kier alpha value is -0.530. The van der Waals surface area contributed by atoms with Crippen LogP contribution < -0.4 is 0 Å². The predicted octanol–water partition coefficient (Wildman–Crippen LogP) is 1.08. The molecule has 0 aromatic rings. The summed E-state index contributed by atoms with van der Waals surface area (Å²) < 4.78 is 0. The summed E-state index contributed by atoms with van der Waals surface area (Å²) in [5, 5.41) is 8.16. The van der Waals surface area contributed by atoms with Gasteiger partial charge in [0, 0.05) is 6.42 Å². The van der Waals surface area contributed by atoms with E-state index in [0.717, 1.165) is 0 Å². The molecule has 0 heterocycles. The van der Waals surface area contributed by atoms with E-state index >= 15 is 0 Å². The number of aliphatic carboxylic acids is 1. The highest BCUT2D eigenvalue weighted by Gasteiger charge is 2.21. The van der Waals surface area contributed by atoms with E-state index < -0.39 is 5.97 Å². The van der Waals surface area contributed by atoms with E-state index in [4.69, 9.17) is 5.11 Å². The van der Waals surface area contributed by atoms with Gasteiger partial charge in [-0.3, -0.25) is 4.79 Å². The maximum atomic E-state index is 9.90. The van der Waals surface area contributed by atoms with Crippen LogP contribution in [-0.4, -0.2) is 11.1 Å². The molecule has 1 radical (unpaired) electrons. The third-order valence-electron chi connectivity index (χ3n) is 1.25. The molecule has 1 aliphatic rings. The van der Waals surface area contributed by atoms with Crippen LogP contribution in [0.4, 0.5) is 0 Å². The first-order valence-electron chi connectivity index (χ1n) is 2.84. The fourth-order valence-corrected chi connectivity index (χ4v) is 0.599. The van der Waals surface area contributed by atoms with Crippen molar-refractivity contribution in [2.45, 2.75) is 19.3 Å². The molecule has 0 aromatic carbocycles. The quantitative estimate of drug-likeness (QED) is 0.594. The summed E-state index contributed by atoms with van der Waals surface area (Å²) in [4.78, 5) is 9.90. The number of carboxylic acid groups (broad SMARTS) is 1. The van der Waals surface area contributed by atoms with Gasteiger partial charge in [0.15, 0.2) is 0 Å². The zero-order valence-electron chi connectivity index (χ0n) is 4.63. The van der Waals surface area contributed by atoms with Crippen molar-refractivity contribution < 1.29 is 9.90 Å². The zero-order chi connectivity index (χ0) is 5.98. The third-order valence-corrected chi connectivity index (χ3v) is 1.25. The van der Waals surface area contributed by atoms with Gasteiger partial charge in [0.05, 0.1) is 0 Å². The van der Waals surface area contributed by atoms with Crippen LogP contribution >= 0.6 is 0 Å². The van der Waals surface area contributed by atoms with Gasteiger partial charge >= 0.3 is 5.97 Å². The molecule has 1 fully saturated rings. The van der Waals surface area contributed by atoms with E-state index in [1.165, 1.54) is 12.8 Å². The number of hydrogen-bond donors (Lipinski definition) is 1. The molecule has 2 heteroatoms. The molecule has 1 N–H and O–H groups in total. The smallest absolute Gasteiger partial charge is 0.303 e. The van der Waals surface area contributed by atoms with Crippen LogP contribution in [0.25, 0.3) is 0 Å². The fraction of sp³-hybridized carbons (Fsp3) is 0.667. The lowest BCUT2D eigenvalue weighted by molar-refractivity contribution is -0.136. The van der Waals surface area contributed by atoms with Gasteiger partial charge in [-0.25, -0.2) is 0 Å². The number of rotatable bonds is 3. The monoisotopic (exact) mass is 113 g/mol. The van der Waals surface area contributed by atoms with E-state index in [9.17, 15) is 4.79 Å². The van der Waals surface area contributed by atoms with Crippen molar-refractivity contribution in [2.24, 2.45) is 5.92 Å². The summed E-state index contributed by atoms with van der Waals surface area (Å²) in [5.41, 5.74) is 0. The Morgan fingerprint density at radius 3 is 2.75 bits per heavy atom. The van der Waals surface area contributed by atoms with Gasteiger partial charge in [-0.15, -0.1) is 0 Å². The van der Waals surface area contributed by atoms with Crippen LogP contribution in [0.2, 0.25) is 0 Å². The van der Waals surface area contributed by atoms with E-state index in [-0.39, 0.29) is 6.42 Å². The maximum absolute atomic E-state index is 9.90. The van der Waals surface area contributed by atoms with Crippen molar-refractivity contribution in [2.75, 3.05) is 0 Å². The van der Waals surface area contributed by atoms with E-state index in [2.05, 4.69) is 0 Å². The van der Waals surface area contributed by atoms with Crippen molar-refractivity contribution in [3.05, 3.63) is 6.42 Å². The normalized spacial score (nSPS) is 18.5. The van der Waals surface area contributed by atoms with Crippen LogP contribution in [0.1, 0.15) is 19.3 Å². The molecule has 8 heavy (non-hydrogen) atoms. The minimum atomic E-state index is -0.711. The highest BCUT2D eigenvalue weighted by molar-refractivity contribution is 5.68. The third kappa shape index (κ3) is 1.96. The van der Waals surface area contributed by atoms with Gasteiger partial charge in [-0.05, 0) is 25.2 Å². The Kier molecular flexibility index (Phi) is 1.51. The van der Waals surface area contributed by atoms with E-state index in [1.54, 1.807) is 0 Å². The van der Waals surface area contributed by atoms with Crippen LogP contribution in [0.15, 0.2) is 0 Å². The van der Waals surface area contributed by atoms with E-state index in [1.807, 2.05) is 6.42 Å². The number of carbonyl (C=O) groups is 1. The highest BCUT2D eigenvalue weighted by Crippen LogP contribution is 2.32. The van der Waals surface area contributed by atoms with Crippen LogP contribution in [0.3, 0.4) is 0 Å². The Labute approximate surface area is 48.5 Å². The molecule has 2 nitrogen and oxygen atoms in total. The molecule has 0 bridgehead atoms. The summed E-state index contributed by atoms with van der Waals surface area (Å²) in [6, 6.07) is 0. The summed E-state index contributed by atoms with van der Waals surface area (Å²) in [5.74, 6) is -0.0806. The zero-order valence-corrected chi connectivity index (χ0v) is 4.63. The van der Waals surface area contributed by atoms with Crippen molar-refractivity contribution >= 4 is 5.97 Å². The summed E-state index contributed by atoms with van der Waals surface area (Å²) in [7, 11) is 0. The predicted molar refractivity (Wildman–Crippen MR) is 29.3 cm³/mol. The topological polar surface area (TPSA) is 37.3 Å². The second-order valence-corrected chi connectivity index (χ2v) is 2.17. The molecular weight excluding hydrogens is 104 g/mol. The van der Waals surface area contributed by atoms with Gasteiger partial charge < -0.3 is 5.11 Å². The first kappa shape index (κ1) is 5.60. The average molecular weight is 113 g/mol. The number of carboxylic acids is 1. The highest BCUT2D eigenvalue weighted by atomic mass is 16.4. The first-order valence-corrected chi connectivity index (χ1v) is 2.84. The Morgan fingerprint density at radius 1 is 1.75 bits per heavy atom. The van der Waals surface area contributed by atoms with Crippen LogP contribution in [0, 0.1) is 12.3 Å². The van der Waals surface area contributed by atoms with Crippen molar-refractivity contribution in [3.8, 4) is 0 Å². The lowest BCUT2D eigenvalue weighted by Gasteiger charge is -1.87. The van der Waals surface area contributed by atoms with Crippen LogP contribution in [-0.2, 0) is 4.79 Å². The number of hydrogen-bond acceptors (Lipinski definition) is 1. The van der Waals surface area contributed by atoms with Crippen LogP contribution in [0.5, 0.6) is 0 Å². The molecule has 0 aromatic heterocycles. The molecule has 0 amide bonds. The molecule has 0 spiro atoms. The average Bonchev–Trinajstić information content (AvgIpc) is 2.41. The largest absolute Gasteiger partial charge is 0.481 e. The Balaban J connectivity index is 1.95.